The van der Waals surface area contributed by atoms with Crippen LogP contribution in [0, 0.1) is 4.77 Å². The van der Waals surface area contributed by atoms with Crippen molar-refractivity contribution < 1.29 is 9.64 Å². The van der Waals surface area contributed by atoms with E-state index in [1.54, 1.807) is 13.4 Å². The molecule has 0 spiro atoms. The topological polar surface area (TPSA) is 36.4 Å². The molecule has 124 valence electrons. The SMILES string of the molecule is COc1cccc(-n2cnn(C[NH+](C)Cc3ccccc3)c2=S)c1. The fraction of sp³-hybridized carbons (Fsp3) is 0.222. The monoisotopic (exact) mass is 341 g/mol. The molecule has 0 aliphatic heterocycles. The molecule has 0 aliphatic rings. The molecular weight excluding hydrogens is 320 g/mol. The van der Waals surface area contributed by atoms with E-state index in [2.05, 4.69) is 36.4 Å². The van der Waals surface area contributed by atoms with E-state index in [0.29, 0.717) is 11.4 Å². The van der Waals surface area contributed by atoms with Crippen LogP contribution in [-0.4, -0.2) is 28.5 Å². The first kappa shape index (κ1) is 16.4. The Kier molecular flexibility index (Phi) is 5.08. The molecular formula is C18H21N4OS+. The molecule has 1 heterocycles. The average molecular weight is 341 g/mol. The lowest BCUT2D eigenvalue weighted by molar-refractivity contribution is -0.917. The number of nitrogens with zero attached hydrogens (tertiary/aromatic N) is 3. The summed E-state index contributed by atoms with van der Waals surface area (Å²) >= 11 is 5.58. The van der Waals surface area contributed by atoms with Crippen molar-refractivity contribution in [1.82, 2.24) is 14.3 Å². The van der Waals surface area contributed by atoms with Crippen molar-refractivity contribution in [1.29, 1.82) is 0 Å². The van der Waals surface area contributed by atoms with Gasteiger partial charge in [0.15, 0.2) is 6.67 Å². The second-order valence-corrected chi connectivity index (χ2v) is 6.13. The van der Waals surface area contributed by atoms with Crippen LogP contribution < -0.4 is 9.64 Å². The Labute approximate surface area is 146 Å². The number of aromatic nitrogens is 3. The van der Waals surface area contributed by atoms with Gasteiger partial charge in [0.1, 0.15) is 18.6 Å². The molecule has 1 atom stereocenters. The maximum atomic E-state index is 5.58. The van der Waals surface area contributed by atoms with Gasteiger partial charge in [0.25, 0.3) is 0 Å². The van der Waals surface area contributed by atoms with E-state index >= 15 is 0 Å². The number of methoxy groups -OCH3 is 1. The molecule has 3 aromatic rings. The van der Waals surface area contributed by atoms with Crippen molar-refractivity contribution in [2.45, 2.75) is 13.2 Å². The third kappa shape index (κ3) is 3.72. The Hall–Kier alpha value is -2.44. The average Bonchev–Trinajstić information content (AvgIpc) is 2.96. The summed E-state index contributed by atoms with van der Waals surface area (Å²) in [6.45, 7) is 1.64. The molecule has 1 aromatic heterocycles. The van der Waals surface area contributed by atoms with Crippen LogP contribution >= 0.6 is 12.2 Å². The van der Waals surface area contributed by atoms with Crippen molar-refractivity contribution in [3.05, 3.63) is 71.3 Å². The van der Waals surface area contributed by atoms with E-state index in [9.17, 15) is 0 Å². The van der Waals surface area contributed by atoms with Gasteiger partial charge in [0.05, 0.1) is 19.8 Å². The number of nitrogens with one attached hydrogen (secondary N) is 1. The molecule has 0 amide bonds. The molecule has 0 bridgehead atoms. The van der Waals surface area contributed by atoms with E-state index in [4.69, 9.17) is 17.0 Å². The second-order valence-electron chi connectivity index (χ2n) is 5.76. The van der Waals surface area contributed by atoms with Crippen LogP contribution in [0.2, 0.25) is 0 Å². The lowest BCUT2D eigenvalue weighted by Crippen LogP contribution is -3.07. The minimum Gasteiger partial charge on any atom is -0.497 e. The van der Waals surface area contributed by atoms with Crippen LogP contribution in [0.4, 0.5) is 0 Å². The molecule has 0 aliphatic carbocycles. The summed E-state index contributed by atoms with van der Waals surface area (Å²) in [6.07, 6.45) is 1.76. The third-order valence-corrected chi connectivity index (χ3v) is 4.24. The highest BCUT2D eigenvalue weighted by atomic mass is 32.1. The van der Waals surface area contributed by atoms with Gasteiger partial charge in [-0.25, -0.2) is 0 Å². The summed E-state index contributed by atoms with van der Waals surface area (Å²) < 4.78 is 9.70. The molecule has 0 saturated heterocycles. The predicted molar refractivity (Wildman–Crippen MR) is 96.0 cm³/mol. The second kappa shape index (κ2) is 7.42. The Bertz CT molecular complexity index is 857. The first-order chi connectivity index (χ1) is 11.7. The fourth-order valence-electron chi connectivity index (χ4n) is 2.64. The van der Waals surface area contributed by atoms with E-state index in [1.807, 2.05) is 39.6 Å². The maximum Gasteiger partial charge on any atom is 0.207 e. The van der Waals surface area contributed by atoms with Crippen LogP contribution in [-0.2, 0) is 13.2 Å². The first-order valence-electron chi connectivity index (χ1n) is 7.81. The number of ether oxygens (including phenoxy) is 1. The van der Waals surface area contributed by atoms with Crippen LogP contribution in [0.5, 0.6) is 5.75 Å². The minimum absolute atomic E-state index is 0.677. The summed E-state index contributed by atoms with van der Waals surface area (Å²) in [7, 11) is 3.79. The largest absolute Gasteiger partial charge is 0.497 e. The summed E-state index contributed by atoms with van der Waals surface area (Å²) in [5.74, 6) is 0.800. The Balaban J connectivity index is 1.76. The van der Waals surface area contributed by atoms with Gasteiger partial charge in [-0.05, 0) is 24.4 Å². The quantitative estimate of drug-likeness (QED) is 0.698. The molecule has 1 unspecified atom stereocenters. The molecule has 0 saturated carbocycles. The zero-order valence-electron chi connectivity index (χ0n) is 13.8. The Morgan fingerprint density at radius 1 is 1.12 bits per heavy atom. The third-order valence-electron chi connectivity index (χ3n) is 3.83. The van der Waals surface area contributed by atoms with Crippen molar-refractivity contribution in [2.24, 2.45) is 0 Å². The van der Waals surface area contributed by atoms with Crippen LogP contribution in [0.15, 0.2) is 60.9 Å². The highest BCUT2D eigenvalue weighted by Crippen LogP contribution is 2.16. The van der Waals surface area contributed by atoms with Gasteiger partial charge in [-0.15, -0.1) is 0 Å². The molecule has 6 heteroatoms. The number of hydrogen-bond donors (Lipinski definition) is 1. The van der Waals surface area contributed by atoms with Gasteiger partial charge in [0, 0.05) is 11.6 Å². The van der Waals surface area contributed by atoms with Gasteiger partial charge in [0.2, 0.25) is 4.77 Å². The van der Waals surface area contributed by atoms with Crippen LogP contribution in [0.3, 0.4) is 0 Å². The van der Waals surface area contributed by atoms with Crippen molar-refractivity contribution >= 4 is 12.2 Å². The van der Waals surface area contributed by atoms with E-state index < -0.39 is 0 Å². The molecule has 0 fully saturated rings. The molecule has 5 nitrogen and oxygen atoms in total. The van der Waals surface area contributed by atoms with Gasteiger partial charge >= 0.3 is 0 Å². The van der Waals surface area contributed by atoms with Gasteiger partial charge in [-0.1, -0.05) is 36.4 Å². The number of hydrogen-bond acceptors (Lipinski definition) is 3. The number of quaternary nitrogens is 1. The van der Waals surface area contributed by atoms with Crippen LogP contribution in [0.25, 0.3) is 5.69 Å². The zero-order chi connectivity index (χ0) is 16.9. The number of benzene rings is 2. The smallest absolute Gasteiger partial charge is 0.207 e. The molecule has 1 N–H and O–H groups in total. The van der Waals surface area contributed by atoms with E-state index in [0.717, 1.165) is 18.0 Å². The fourth-order valence-corrected chi connectivity index (χ4v) is 2.90. The Morgan fingerprint density at radius 2 is 1.92 bits per heavy atom. The summed E-state index contributed by atoms with van der Waals surface area (Å²) in [5, 5.41) is 4.44. The van der Waals surface area contributed by atoms with Gasteiger partial charge in [-0.2, -0.15) is 9.78 Å². The van der Waals surface area contributed by atoms with Crippen molar-refractivity contribution in [3.8, 4) is 11.4 Å². The summed E-state index contributed by atoms with van der Waals surface area (Å²) in [5.41, 5.74) is 2.25. The highest BCUT2D eigenvalue weighted by molar-refractivity contribution is 7.71. The predicted octanol–water partition coefficient (Wildman–Crippen LogP) is 2.08. The normalized spacial score (nSPS) is 12.1. The maximum absolute atomic E-state index is 5.58. The standard InChI is InChI=1S/C18H20N4OS/c1-20(12-15-7-4-3-5-8-15)14-22-18(24)21(13-19-22)16-9-6-10-17(11-16)23-2/h3-11,13H,12,14H2,1-2H3/p+1. The summed E-state index contributed by atoms with van der Waals surface area (Å²) in [6, 6.07) is 18.2. The van der Waals surface area contributed by atoms with Gasteiger partial charge < -0.3 is 9.64 Å². The lowest BCUT2D eigenvalue weighted by Gasteiger charge is -2.13. The van der Waals surface area contributed by atoms with Crippen molar-refractivity contribution in [3.63, 3.8) is 0 Å². The van der Waals surface area contributed by atoms with Crippen molar-refractivity contribution in [2.75, 3.05) is 14.2 Å². The van der Waals surface area contributed by atoms with E-state index in [-0.39, 0.29) is 0 Å². The van der Waals surface area contributed by atoms with Crippen LogP contribution in [0.1, 0.15) is 5.56 Å². The molecule has 0 radical (unpaired) electrons. The molecule has 3 rings (SSSR count). The molecule has 2 aromatic carbocycles. The summed E-state index contributed by atoms with van der Waals surface area (Å²) in [4.78, 5) is 1.31. The zero-order valence-corrected chi connectivity index (χ0v) is 14.7. The molecule has 24 heavy (non-hydrogen) atoms. The lowest BCUT2D eigenvalue weighted by atomic mass is 10.2. The minimum atomic E-state index is 0.677. The number of rotatable bonds is 6. The highest BCUT2D eigenvalue weighted by Gasteiger charge is 2.09. The van der Waals surface area contributed by atoms with E-state index in [1.165, 1.54) is 10.5 Å². The first-order valence-corrected chi connectivity index (χ1v) is 8.22. The van der Waals surface area contributed by atoms with Gasteiger partial charge in [-0.3, -0.25) is 4.57 Å². The Morgan fingerprint density at radius 3 is 2.67 bits per heavy atom.